The van der Waals surface area contributed by atoms with Gasteiger partial charge in [-0.2, -0.15) is 0 Å². The van der Waals surface area contributed by atoms with Crippen LogP contribution in [0.1, 0.15) is 48.7 Å². The van der Waals surface area contributed by atoms with Crippen LogP contribution >= 0.6 is 0 Å². The van der Waals surface area contributed by atoms with E-state index in [2.05, 4.69) is 4.98 Å². The molecule has 29 heavy (non-hydrogen) atoms. The first-order chi connectivity index (χ1) is 13.9. The van der Waals surface area contributed by atoms with Crippen LogP contribution in [-0.4, -0.2) is 46.1 Å². The summed E-state index contributed by atoms with van der Waals surface area (Å²) in [5.74, 6) is -2.26. The lowest BCUT2D eigenvalue weighted by atomic mass is 9.81. The molecule has 7 heteroatoms. The predicted molar refractivity (Wildman–Crippen MR) is 105 cm³/mol. The number of fused-ring (bicyclic) bond motifs is 2. The van der Waals surface area contributed by atoms with Gasteiger partial charge in [0.05, 0.1) is 11.8 Å². The van der Waals surface area contributed by atoms with E-state index in [0.717, 1.165) is 28.6 Å². The number of H-pyrrole nitrogens is 1. The fraction of sp³-hybridized carbons (Fsp3) is 0.455. The second-order valence-electron chi connectivity index (χ2n) is 7.93. The molecule has 0 bridgehead atoms. The van der Waals surface area contributed by atoms with E-state index in [1.807, 2.05) is 24.3 Å². The molecule has 1 saturated carbocycles. The molecule has 1 N–H and O–H groups in total. The van der Waals surface area contributed by atoms with E-state index in [4.69, 9.17) is 4.74 Å². The molecule has 0 unspecified atom stereocenters. The predicted octanol–water partition coefficient (Wildman–Crippen LogP) is 2.77. The molecule has 3 atom stereocenters. The Kier molecular flexibility index (Phi) is 4.98. The molecule has 1 aromatic carbocycles. The molecule has 0 spiro atoms. The standard InChI is InChI=1S/C22H24N2O5/c1-12-19(16-9-5-6-10-17(16)23-12)20(26)13(2)29-18(25)11-24-21(27)14-7-3-4-8-15(14)22(24)28/h5-6,9-10,13-15,23H,3-4,7-8,11H2,1-2H3/t13-,14-,15+/m0/s1. The lowest BCUT2D eigenvalue weighted by Crippen LogP contribution is -2.38. The lowest BCUT2D eigenvalue weighted by Gasteiger charge is -2.19. The molecule has 7 nitrogen and oxygen atoms in total. The van der Waals surface area contributed by atoms with Crippen LogP contribution in [0.4, 0.5) is 0 Å². The summed E-state index contributed by atoms with van der Waals surface area (Å²) in [6.07, 6.45) is 2.21. The van der Waals surface area contributed by atoms with Gasteiger partial charge >= 0.3 is 5.97 Å². The van der Waals surface area contributed by atoms with Gasteiger partial charge in [0.2, 0.25) is 17.6 Å². The lowest BCUT2D eigenvalue weighted by molar-refractivity contribution is -0.154. The van der Waals surface area contributed by atoms with Crippen molar-refractivity contribution in [1.29, 1.82) is 0 Å². The third-order valence-corrected chi connectivity index (χ3v) is 6.04. The zero-order valence-electron chi connectivity index (χ0n) is 16.6. The van der Waals surface area contributed by atoms with Crippen molar-refractivity contribution < 1.29 is 23.9 Å². The molecule has 4 rings (SSSR count). The number of imide groups is 1. The number of benzene rings is 1. The largest absolute Gasteiger partial charge is 0.453 e. The summed E-state index contributed by atoms with van der Waals surface area (Å²) in [6.45, 7) is 2.87. The molecular weight excluding hydrogens is 372 g/mol. The van der Waals surface area contributed by atoms with Crippen molar-refractivity contribution >= 4 is 34.5 Å². The van der Waals surface area contributed by atoms with Gasteiger partial charge < -0.3 is 9.72 Å². The summed E-state index contributed by atoms with van der Waals surface area (Å²) in [4.78, 5) is 54.5. The summed E-state index contributed by atoms with van der Waals surface area (Å²) in [7, 11) is 0. The highest BCUT2D eigenvalue weighted by molar-refractivity contribution is 6.12. The first kappa shape index (κ1) is 19.4. The third kappa shape index (κ3) is 3.34. The quantitative estimate of drug-likeness (QED) is 0.476. The Labute approximate surface area is 168 Å². The van der Waals surface area contributed by atoms with Gasteiger partial charge in [-0.3, -0.25) is 24.1 Å². The number of aryl methyl sites for hydroxylation is 1. The second kappa shape index (κ2) is 7.46. The normalized spacial score (nSPS) is 22.6. The fourth-order valence-corrected chi connectivity index (χ4v) is 4.60. The molecule has 2 aromatic rings. The van der Waals surface area contributed by atoms with Gasteiger partial charge in [0.25, 0.3) is 0 Å². The number of Topliss-reactive ketones (excluding diaryl/α,β-unsaturated/α-hetero) is 1. The Bertz CT molecular complexity index is 984. The average Bonchev–Trinajstić information content (AvgIpc) is 3.16. The van der Waals surface area contributed by atoms with Gasteiger partial charge in [0.1, 0.15) is 6.54 Å². The van der Waals surface area contributed by atoms with Crippen molar-refractivity contribution in [3.8, 4) is 0 Å². The van der Waals surface area contributed by atoms with E-state index in [9.17, 15) is 19.2 Å². The van der Waals surface area contributed by atoms with Crippen molar-refractivity contribution in [2.45, 2.75) is 45.6 Å². The number of likely N-dealkylation sites (tertiary alicyclic amines) is 1. The zero-order chi connectivity index (χ0) is 20.7. The number of carbonyl (C=O) groups excluding carboxylic acids is 4. The van der Waals surface area contributed by atoms with Crippen LogP contribution in [0.2, 0.25) is 0 Å². The number of hydrogen-bond acceptors (Lipinski definition) is 5. The van der Waals surface area contributed by atoms with E-state index < -0.39 is 18.6 Å². The number of carbonyl (C=O) groups is 4. The maximum Gasteiger partial charge on any atom is 0.326 e. The fourth-order valence-electron chi connectivity index (χ4n) is 4.60. The highest BCUT2D eigenvalue weighted by Crippen LogP contribution is 2.37. The van der Waals surface area contributed by atoms with Crippen molar-refractivity contribution in [2.75, 3.05) is 6.54 Å². The van der Waals surface area contributed by atoms with E-state index in [0.29, 0.717) is 24.1 Å². The Morgan fingerprint density at radius 3 is 2.41 bits per heavy atom. The van der Waals surface area contributed by atoms with Gasteiger partial charge in [-0.1, -0.05) is 31.0 Å². The number of para-hydroxylation sites is 1. The van der Waals surface area contributed by atoms with Gasteiger partial charge in [-0.05, 0) is 32.8 Å². The Hall–Kier alpha value is -2.96. The Balaban J connectivity index is 1.44. The Morgan fingerprint density at radius 2 is 1.76 bits per heavy atom. The highest BCUT2D eigenvalue weighted by Gasteiger charge is 2.48. The number of aromatic nitrogens is 1. The first-order valence-electron chi connectivity index (χ1n) is 10.0. The minimum atomic E-state index is -1.02. The monoisotopic (exact) mass is 396 g/mol. The van der Waals surface area contributed by atoms with Gasteiger partial charge in [-0.25, -0.2) is 0 Å². The topological polar surface area (TPSA) is 96.5 Å². The zero-order valence-corrected chi connectivity index (χ0v) is 16.6. The molecule has 1 aliphatic heterocycles. The number of nitrogens with one attached hydrogen (secondary N) is 1. The number of ketones is 1. The summed E-state index contributed by atoms with van der Waals surface area (Å²) in [6, 6.07) is 7.43. The van der Waals surface area contributed by atoms with E-state index in [1.165, 1.54) is 6.92 Å². The average molecular weight is 396 g/mol. The van der Waals surface area contributed by atoms with Crippen LogP contribution in [0, 0.1) is 18.8 Å². The highest BCUT2D eigenvalue weighted by atomic mass is 16.5. The van der Waals surface area contributed by atoms with Crippen LogP contribution in [0.3, 0.4) is 0 Å². The summed E-state index contributed by atoms with van der Waals surface area (Å²) in [5, 5.41) is 0.770. The van der Waals surface area contributed by atoms with Crippen LogP contribution in [0.5, 0.6) is 0 Å². The summed E-state index contributed by atoms with van der Waals surface area (Å²) in [5.41, 5.74) is 2.02. The maximum absolute atomic E-state index is 12.9. The molecule has 2 fully saturated rings. The molecular formula is C22H24N2O5. The number of rotatable bonds is 5. The third-order valence-electron chi connectivity index (χ3n) is 6.04. The minimum absolute atomic E-state index is 0.289. The van der Waals surface area contributed by atoms with Crippen LogP contribution < -0.4 is 0 Å². The smallest absolute Gasteiger partial charge is 0.326 e. The van der Waals surface area contributed by atoms with E-state index in [-0.39, 0.29) is 29.4 Å². The molecule has 2 heterocycles. The van der Waals surface area contributed by atoms with E-state index >= 15 is 0 Å². The summed E-state index contributed by atoms with van der Waals surface area (Å²) >= 11 is 0. The summed E-state index contributed by atoms with van der Waals surface area (Å²) < 4.78 is 5.30. The molecule has 1 aliphatic carbocycles. The van der Waals surface area contributed by atoms with Crippen LogP contribution in [0.15, 0.2) is 24.3 Å². The molecule has 152 valence electrons. The molecule has 2 aliphatic rings. The number of esters is 1. The van der Waals surface area contributed by atoms with Crippen molar-refractivity contribution in [2.24, 2.45) is 11.8 Å². The maximum atomic E-state index is 12.9. The number of ether oxygens (including phenoxy) is 1. The number of aromatic amines is 1. The van der Waals surface area contributed by atoms with E-state index in [1.54, 1.807) is 6.92 Å². The number of amides is 2. The molecule has 0 radical (unpaired) electrons. The van der Waals surface area contributed by atoms with Crippen LogP contribution in [-0.2, 0) is 19.1 Å². The van der Waals surface area contributed by atoms with Gasteiger partial charge in [-0.15, -0.1) is 0 Å². The number of hydrogen-bond donors (Lipinski definition) is 1. The van der Waals surface area contributed by atoms with Crippen molar-refractivity contribution in [1.82, 2.24) is 9.88 Å². The first-order valence-corrected chi connectivity index (χ1v) is 10.0. The Morgan fingerprint density at radius 1 is 1.14 bits per heavy atom. The second-order valence-corrected chi connectivity index (χ2v) is 7.93. The molecule has 1 saturated heterocycles. The van der Waals surface area contributed by atoms with Crippen molar-refractivity contribution in [3.05, 3.63) is 35.5 Å². The van der Waals surface area contributed by atoms with Gasteiger partial charge in [0.15, 0.2) is 6.10 Å². The van der Waals surface area contributed by atoms with Gasteiger partial charge in [0, 0.05) is 22.2 Å². The van der Waals surface area contributed by atoms with Crippen LogP contribution in [0.25, 0.3) is 10.9 Å². The molecule has 2 amide bonds. The SMILES string of the molecule is Cc1[nH]c2ccccc2c1C(=O)[C@H](C)OC(=O)CN1C(=O)[C@H]2CCCC[C@H]2C1=O. The minimum Gasteiger partial charge on any atom is -0.453 e. The molecule has 1 aromatic heterocycles. The van der Waals surface area contributed by atoms with Crippen molar-refractivity contribution in [3.63, 3.8) is 0 Å². The number of nitrogens with zero attached hydrogens (tertiary/aromatic N) is 1.